The lowest BCUT2D eigenvalue weighted by Crippen LogP contribution is -2.49. The normalized spacial score (nSPS) is 19.4. The number of ether oxygens (including phenoxy) is 3. The molecule has 2 fully saturated rings. The van der Waals surface area contributed by atoms with E-state index in [9.17, 15) is 14.7 Å². The van der Waals surface area contributed by atoms with Gasteiger partial charge in [0, 0.05) is 64.2 Å². The summed E-state index contributed by atoms with van der Waals surface area (Å²) in [6.07, 6.45) is 0.305. The number of rotatable bonds is 14. The average Bonchev–Trinajstić information content (AvgIpc) is 3.26. The van der Waals surface area contributed by atoms with E-state index in [4.69, 9.17) is 14.2 Å². The van der Waals surface area contributed by atoms with Gasteiger partial charge in [0.25, 0.3) is 0 Å². The predicted molar refractivity (Wildman–Crippen MR) is 220 cm³/mol. The highest BCUT2D eigenvalue weighted by Gasteiger charge is 2.34. The molecule has 0 unspecified atom stereocenters. The van der Waals surface area contributed by atoms with Gasteiger partial charge in [-0.3, -0.25) is 9.80 Å². The van der Waals surface area contributed by atoms with Gasteiger partial charge in [-0.2, -0.15) is 0 Å². The third kappa shape index (κ3) is 10.9. The third-order valence-corrected chi connectivity index (χ3v) is 10.8. The molecule has 10 nitrogen and oxygen atoms in total. The standard InChI is InChI=1S/C47H52N4O6/c1-55-45(53)43(28-34-10-4-2-5-11-34)49-47(54)48-30-40-14-8-9-15-42(40)37-20-22-39(23-21-37)46-56-41(29-44(57-46)38-18-16-36(33-52)17-19-38)32-51-26-24-50(25-27-51)31-35-12-6-3-7-13-35/h2-23,41,43-44,46,52H,24-33H2,1H3,(H2,48,49,54)/t41-,43+,44+,46+/m1/s1. The Morgan fingerprint density at radius 3 is 2.05 bits per heavy atom. The van der Waals surface area contributed by atoms with Gasteiger partial charge >= 0.3 is 12.0 Å². The Morgan fingerprint density at radius 2 is 1.37 bits per heavy atom. The zero-order chi connectivity index (χ0) is 39.4. The minimum Gasteiger partial charge on any atom is -0.467 e. The Bertz CT molecular complexity index is 2020. The van der Waals surface area contributed by atoms with Crippen LogP contribution in [0.5, 0.6) is 0 Å². The molecule has 2 aliphatic heterocycles. The number of piperazine rings is 1. The molecule has 2 amide bonds. The molecule has 10 heteroatoms. The number of urea groups is 1. The summed E-state index contributed by atoms with van der Waals surface area (Å²) in [5.74, 6) is -0.505. The summed E-state index contributed by atoms with van der Waals surface area (Å²) in [6, 6.07) is 43.1. The number of hydrogen-bond donors (Lipinski definition) is 3. The number of carbonyl (C=O) groups excluding carboxylic acids is 2. The van der Waals surface area contributed by atoms with E-state index in [2.05, 4.69) is 75.0 Å². The Labute approximate surface area is 335 Å². The highest BCUT2D eigenvalue weighted by Crippen LogP contribution is 2.39. The number of carbonyl (C=O) groups is 2. The second kappa shape index (κ2) is 19.7. The van der Waals surface area contributed by atoms with E-state index in [1.165, 1.54) is 12.7 Å². The van der Waals surface area contributed by atoms with Gasteiger partial charge in [-0.05, 0) is 38.9 Å². The first-order valence-corrected chi connectivity index (χ1v) is 19.8. The van der Waals surface area contributed by atoms with E-state index < -0.39 is 24.3 Å². The van der Waals surface area contributed by atoms with E-state index in [0.717, 1.165) is 84.6 Å². The molecule has 7 rings (SSSR count). The molecule has 57 heavy (non-hydrogen) atoms. The van der Waals surface area contributed by atoms with E-state index in [1.807, 2.05) is 78.9 Å². The van der Waals surface area contributed by atoms with Gasteiger partial charge in [-0.1, -0.05) is 133 Å². The average molecular weight is 769 g/mol. The number of benzene rings is 5. The van der Waals surface area contributed by atoms with E-state index in [0.29, 0.717) is 6.42 Å². The molecule has 0 radical (unpaired) electrons. The van der Waals surface area contributed by atoms with Crippen molar-refractivity contribution in [3.05, 3.63) is 167 Å². The molecule has 0 saturated carbocycles. The minimum atomic E-state index is -0.821. The molecule has 3 N–H and O–H groups in total. The number of aliphatic hydroxyl groups is 1. The number of amides is 2. The predicted octanol–water partition coefficient (Wildman–Crippen LogP) is 6.79. The van der Waals surface area contributed by atoms with Gasteiger partial charge in [0.05, 0.1) is 25.9 Å². The van der Waals surface area contributed by atoms with Crippen LogP contribution in [0, 0.1) is 0 Å². The first-order valence-electron chi connectivity index (χ1n) is 19.8. The second-order valence-electron chi connectivity index (χ2n) is 14.8. The van der Waals surface area contributed by atoms with Gasteiger partial charge < -0.3 is 30.0 Å². The molecule has 0 aliphatic carbocycles. The first-order chi connectivity index (χ1) is 27.9. The number of nitrogens with zero attached hydrogens (tertiary/aromatic N) is 2. The second-order valence-corrected chi connectivity index (χ2v) is 14.8. The van der Waals surface area contributed by atoms with Gasteiger partial charge in [0.1, 0.15) is 6.04 Å². The Balaban J connectivity index is 1.00. The summed E-state index contributed by atoms with van der Waals surface area (Å²) in [5.41, 5.74) is 8.02. The Hall–Kier alpha value is -5.36. The maximum atomic E-state index is 13.0. The fraction of sp³-hybridized carbons (Fsp3) is 0.319. The fourth-order valence-corrected chi connectivity index (χ4v) is 7.64. The van der Waals surface area contributed by atoms with Gasteiger partial charge in [0.2, 0.25) is 0 Å². The van der Waals surface area contributed by atoms with Crippen molar-refractivity contribution in [1.29, 1.82) is 0 Å². The van der Waals surface area contributed by atoms with Crippen molar-refractivity contribution < 1.29 is 28.9 Å². The lowest BCUT2D eigenvalue weighted by molar-refractivity contribution is -0.253. The molecular formula is C47H52N4O6. The number of nitrogens with one attached hydrogen (secondary N) is 2. The van der Waals surface area contributed by atoms with E-state index >= 15 is 0 Å². The van der Waals surface area contributed by atoms with Crippen molar-refractivity contribution in [1.82, 2.24) is 20.4 Å². The van der Waals surface area contributed by atoms with Gasteiger partial charge in [-0.25, -0.2) is 9.59 Å². The Morgan fingerprint density at radius 1 is 0.737 bits per heavy atom. The van der Waals surface area contributed by atoms with Crippen LogP contribution in [0.4, 0.5) is 4.79 Å². The van der Waals surface area contributed by atoms with Crippen molar-refractivity contribution in [3.63, 3.8) is 0 Å². The molecule has 296 valence electrons. The van der Waals surface area contributed by atoms with Crippen LogP contribution >= 0.6 is 0 Å². The molecule has 2 heterocycles. The van der Waals surface area contributed by atoms with Crippen LogP contribution in [0.15, 0.2) is 133 Å². The smallest absolute Gasteiger partial charge is 0.328 e. The van der Waals surface area contributed by atoms with Crippen LogP contribution in [0.2, 0.25) is 0 Å². The molecule has 0 bridgehead atoms. The molecule has 5 aromatic rings. The SMILES string of the molecule is COC(=O)[C@H](Cc1ccccc1)NC(=O)NCc1ccccc1-c1ccc([C@H]2O[C@@H](CN3CCN(Cc4ccccc4)CC3)C[C@@H](c3ccc(CO)cc3)O2)cc1. The van der Waals surface area contributed by atoms with Crippen LogP contribution in [-0.4, -0.2) is 78.9 Å². The summed E-state index contributed by atoms with van der Waals surface area (Å²) in [6.45, 7) is 6.05. The highest BCUT2D eigenvalue weighted by molar-refractivity contribution is 5.84. The molecule has 0 spiro atoms. The summed E-state index contributed by atoms with van der Waals surface area (Å²) < 4.78 is 18.3. The van der Waals surface area contributed by atoms with Crippen LogP contribution in [0.1, 0.15) is 52.2 Å². The number of hydrogen-bond acceptors (Lipinski definition) is 8. The summed E-state index contributed by atoms with van der Waals surface area (Å²) in [5, 5.41) is 15.3. The molecule has 0 aromatic heterocycles. The van der Waals surface area contributed by atoms with Crippen molar-refractivity contribution in [2.24, 2.45) is 0 Å². The van der Waals surface area contributed by atoms with Crippen LogP contribution < -0.4 is 10.6 Å². The van der Waals surface area contributed by atoms with Crippen molar-refractivity contribution in [2.75, 3.05) is 39.8 Å². The minimum absolute atomic E-state index is 0.000230. The molecular weight excluding hydrogens is 717 g/mol. The molecule has 2 saturated heterocycles. The fourth-order valence-electron chi connectivity index (χ4n) is 7.64. The van der Waals surface area contributed by atoms with Crippen LogP contribution in [0.25, 0.3) is 11.1 Å². The number of esters is 1. The summed E-state index contributed by atoms with van der Waals surface area (Å²) in [4.78, 5) is 30.5. The van der Waals surface area contributed by atoms with Gasteiger partial charge in [-0.15, -0.1) is 0 Å². The van der Waals surface area contributed by atoms with Crippen molar-refractivity contribution in [2.45, 2.75) is 57.1 Å². The lowest BCUT2D eigenvalue weighted by Gasteiger charge is -2.40. The molecule has 2 aliphatic rings. The zero-order valence-electron chi connectivity index (χ0n) is 32.5. The topological polar surface area (TPSA) is 113 Å². The van der Waals surface area contributed by atoms with Crippen LogP contribution in [-0.2, 0) is 45.1 Å². The molecule has 4 atom stereocenters. The quantitative estimate of drug-likeness (QED) is 0.106. The number of methoxy groups -OCH3 is 1. The summed E-state index contributed by atoms with van der Waals surface area (Å²) >= 11 is 0. The monoisotopic (exact) mass is 768 g/mol. The largest absolute Gasteiger partial charge is 0.467 e. The van der Waals surface area contributed by atoms with Crippen molar-refractivity contribution in [3.8, 4) is 11.1 Å². The van der Waals surface area contributed by atoms with Crippen LogP contribution in [0.3, 0.4) is 0 Å². The maximum absolute atomic E-state index is 13.0. The maximum Gasteiger partial charge on any atom is 0.328 e. The van der Waals surface area contributed by atoms with Crippen molar-refractivity contribution >= 4 is 12.0 Å². The number of aliphatic hydroxyl groups excluding tert-OH is 1. The third-order valence-electron chi connectivity index (χ3n) is 10.8. The zero-order valence-corrected chi connectivity index (χ0v) is 32.5. The first kappa shape index (κ1) is 39.9. The summed E-state index contributed by atoms with van der Waals surface area (Å²) in [7, 11) is 1.32. The highest BCUT2D eigenvalue weighted by atomic mass is 16.7. The van der Waals surface area contributed by atoms with E-state index in [-0.39, 0.29) is 25.4 Å². The van der Waals surface area contributed by atoms with Gasteiger partial charge in [0.15, 0.2) is 6.29 Å². The molecule has 5 aromatic carbocycles. The van der Waals surface area contributed by atoms with E-state index in [1.54, 1.807) is 0 Å². The Kier molecular flexibility index (Phi) is 13.8. The lowest BCUT2D eigenvalue weighted by atomic mass is 9.97.